The lowest BCUT2D eigenvalue weighted by Crippen LogP contribution is -2.32. The van der Waals surface area contributed by atoms with E-state index in [1.165, 1.54) is 96.3 Å². The van der Waals surface area contributed by atoms with Crippen LogP contribution in [0.3, 0.4) is 0 Å². The minimum Gasteiger partial charge on any atom is -0.507 e. The highest BCUT2D eigenvalue weighted by Gasteiger charge is 1.99. The summed E-state index contributed by atoms with van der Waals surface area (Å²) in [7, 11) is 0. The molecule has 0 fully saturated rings. The maximum Gasteiger partial charge on any atom is 0.186 e. The molecule has 0 spiro atoms. The lowest BCUT2D eigenvalue weighted by Gasteiger charge is -2.07. The van der Waals surface area contributed by atoms with Gasteiger partial charge in [0.2, 0.25) is 0 Å². The summed E-state index contributed by atoms with van der Waals surface area (Å²) < 4.78 is 0.890. The van der Waals surface area contributed by atoms with E-state index in [1.54, 1.807) is 24.4 Å². The van der Waals surface area contributed by atoms with Crippen LogP contribution in [0.4, 0.5) is 0 Å². The molecule has 0 atom stereocenters. The van der Waals surface area contributed by atoms with Crippen LogP contribution >= 0.6 is 28.1 Å². The van der Waals surface area contributed by atoms with Crippen LogP contribution in [0.2, 0.25) is 0 Å². The van der Waals surface area contributed by atoms with Crippen LogP contribution < -0.4 is 10.7 Å². The molecule has 0 radical (unpaired) electrons. The minimum absolute atomic E-state index is 0.186. The van der Waals surface area contributed by atoms with E-state index in [2.05, 4.69) is 38.7 Å². The summed E-state index contributed by atoms with van der Waals surface area (Å²) in [6.45, 7) is 3.15. The van der Waals surface area contributed by atoms with Gasteiger partial charge in [-0.3, -0.25) is 5.43 Å². The Morgan fingerprint density at radius 3 is 1.91 bits per heavy atom. The number of benzene rings is 1. The van der Waals surface area contributed by atoms with Gasteiger partial charge >= 0.3 is 0 Å². The Hall–Kier alpha value is -1.14. The Morgan fingerprint density at radius 1 is 0.875 bits per heavy atom. The fourth-order valence-electron chi connectivity index (χ4n) is 3.70. The molecule has 0 saturated heterocycles. The van der Waals surface area contributed by atoms with E-state index in [9.17, 15) is 5.11 Å². The van der Waals surface area contributed by atoms with Gasteiger partial charge in [-0.2, -0.15) is 5.10 Å². The number of hydrazone groups is 1. The quantitative estimate of drug-likeness (QED) is 0.0736. The summed E-state index contributed by atoms with van der Waals surface area (Å²) in [5, 5.41) is 17.5. The zero-order valence-corrected chi connectivity index (χ0v) is 22.4. The molecule has 6 heteroatoms. The molecule has 182 valence electrons. The fraction of sp³-hybridized carbons (Fsp3) is 0.692. The monoisotopic (exact) mass is 525 g/mol. The van der Waals surface area contributed by atoms with Gasteiger partial charge in [0, 0.05) is 16.6 Å². The highest BCUT2D eigenvalue weighted by atomic mass is 79.9. The Morgan fingerprint density at radius 2 is 1.38 bits per heavy atom. The summed E-state index contributed by atoms with van der Waals surface area (Å²) in [6, 6.07) is 5.21. The van der Waals surface area contributed by atoms with Crippen molar-refractivity contribution in [2.24, 2.45) is 5.10 Å². The van der Waals surface area contributed by atoms with Crippen molar-refractivity contribution in [1.82, 2.24) is 10.7 Å². The molecule has 0 aromatic heterocycles. The predicted molar refractivity (Wildman–Crippen MR) is 147 cm³/mol. The van der Waals surface area contributed by atoms with E-state index in [1.807, 2.05) is 0 Å². The Labute approximate surface area is 210 Å². The first-order chi connectivity index (χ1) is 15.6. The summed E-state index contributed by atoms with van der Waals surface area (Å²) >= 11 is 8.61. The van der Waals surface area contributed by atoms with Crippen molar-refractivity contribution in [3.63, 3.8) is 0 Å². The summed E-state index contributed by atoms with van der Waals surface area (Å²) in [4.78, 5) is 0. The molecule has 0 unspecified atom stereocenters. The molecular formula is C26H44BrN3OS. The van der Waals surface area contributed by atoms with Gasteiger partial charge in [0.1, 0.15) is 5.75 Å². The second-order valence-electron chi connectivity index (χ2n) is 8.63. The Bertz CT molecular complexity index is 639. The number of hydrogen-bond donors (Lipinski definition) is 3. The number of rotatable bonds is 19. The maximum atomic E-state index is 9.78. The zero-order chi connectivity index (χ0) is 23.3. The third kappa shape index (κ3) is 16.5. The number of nitrogens with one attached hydrogen (secondary N) is 2. The fourth-order valence-corrected chi connectivity index (χ4v) is 4.24. The molecule has 1 aromatic rings. The third-order valence-electron chi connectivity index (χ3n) is 5.68. The van der Waals surface area contributed by atoms with Crippen LogP contribution in [0.5, 0.6) is 5.75 Å². The second kappa shape index (κ2) is 20.5. The Kier molecular flexibility index (Phi) is 18.5. The maximum absolute atomic E-state index is 9.78. The molecule has 0 heterocycles. The Balaban J connectivity index is 1.85. The van der Waals surface area contributed by atoms with Crippen molar-refractivity contribution in [2.45, 2.75) is 110 Å². The molecular weight excluding hydrogens is 482 g/mol. The number of phenols is 1. The average Bonchev–Trinajstić information content (AvgIpc) is 2.78. The summed E-state index contributed by atoms with van der Waals surface area (Å²) in [5.41, 5.74) is 3.43. The lowest BCUT2D eigenvalue weighted by molar-refractivity contribution is 0.474. The molecule has 0 aliphatic carbocycles. The lowest BCUT2D eigenvalue weighted by atomic mass is 10.0. The molecule has 1 rings (SSSR count). The van der Waals surface area contributed by atoms with Gasteiger partial charge in [-0.15, -0.1) is 0 Å². The molecule has 32 heavy (non-hydrogen) atoms. The van der Waals surface area contributed by atoms with Crippen molar-refractivity contribution in [1.29, 1.82) is 0 Å². The van der Waals surface area contributed by atoms with Crippen LogP contribution in [0.1, 0.15) is 115 Å². The van der Waals surface area contributed by atoms with E-state index in [0.717, 1.165) is 17.4 Å². The smallest absolute Gasteiger partial charge is 0.186 e. The van der Waals surface area contributed by atoms with Gasteiger partial charge < -0.3 is 10.4 Å². The average molecular weight is 527 g/mol. The third-order valence-corrected chi connectivity index (χ3v) is 6.40. The highest BCUT2D eigenvalue weighted by Crippen LogP contribution is 2.20. The molecule has 0 aliphatic rings. The highest BCUT2D eigenvalue weighted by molar-refractivity contribution is 9.10. The second-order valence-corrected chi connectivity index (χ2v) is 9.96. The van der Waals surface area contributed by atoms with Crippen LogP contribution in [0, 0.1) is 0 Å². The first-order valence-corrected chi connectivity index (χ1v) is 13.9. The molecule has 0 aliphatic heterocycles. The zero-order valence-electron chi connectivity index (χ0n) is 20.0. The van der Waals surface area contributed by atoms with Crippen molar-refractivity contribution >= 4 is 39.5 Å². The van der Waals surface area contributed by atoms with Gasteiger partial charge in [0.15, 0.2) is 5.11 Å². The van der Waals surface area contributed by atoms with Gasteiger partial charge in [-0.1, -0.05) is 119 Å². The van der Waals surface area contributed by atoms with Crippen molar-refractivity contribution in [3.05, 3.63) is 28.2 Å². The number of hydrogen-bond acceptors (Lipinski definition) is 3. The van der Waals surface area contributed by atoms with Crippen LogP contribution in [0.25, 0.3) is 0 Å². The van der Waals surface area contributed by atoms with Gasteiger partial charge in [0.25, 0.3) is 0 Å². The number of nitrogens with zero attached hydrogens (tertiary/aromatic N) is 1. The van der Waals surface area contributed by atoms with Gasteiger partial charge in [0.05, 0.1) is 6.21 Å². The normalized spacial score (nSPS) is 11.2. The van der Waals surface area contributed by atoms with Crippen LogP contribution in [0.15, 0.2) is 27.8 Å². The molecule has 0 amide bonds. The van der Waals surface area contributed by atoms with E-state index in [-0.39, 0.29) is 5.75 Å². The van der Waals surface area contributed by atoms with Crippen LogP contribution in [-0.2, 0) is 0 Å². The number of halogens is 1. The van der Waals surface area contributed by atoms with Crippen molar-refractivity contribution in [3.8, 4) is 5.75 Å². The molecule has 0 saturated carbocycles. The molecule has 1 aromatic carbocycles. The van der Waals surface area contributed by atoms with Gasteiger partial charge in [-0.25, -0.2) is 0 Å². The van der Waals surface area contributed by atoms with Crippen molar-refractivity contribution < 1.29 is 5.11 Å². The SMILES string of the molecule is CCCCCCCCCCCCCCCCCCNC(=S)N/N=C/c1cc(Br)ccc1O. The summed E-state index contributed by atoms with van der Waals surface area (Å²) in [5.74, 6) is 0.186. The predicted octanol–water partition coefficient (Wildman–Crippen LogP) is 8.21. The van der Waals surface area contributed by atoms with E-state index in [0.29, 0.717) is 10.7 Å². The van der Waals surface area contributed by atoms with E-state index in [4.69, 9.17) is 12.2 Å². The topological polar surface area (TPSA) is 56.7 Å². The summed E-state index contributed by atoms with van der Waals surface area (Å²) in [6.07, 6.45) is 23.6. The van der Waals surface area contributed by atoms with Gasteiger partial charge in [-0.05, 0) is 36.8 Å². The first kappa shape index (κ1) is 28.9. The number of thiocarbonyl (C=S) groups is 1. The molecule has 4 nitrogen and oxygen atoms in total. The number of unbranched alkanes of at least 4 members (excludes halogenated alkanes) is 15. The largest absolute Gasteiger partial charge is 0.507 e. The van der Waals surface area contributed by atoms with Crippen LogP contribution in [-0.4, -0.2) is 23.0 Å². The first-order valence-electron chi connectivity index (χ1n) is 12.7. The van der Waals surface area contributed by atoms with E-state index >= 15 is 0 Å². The molecule has 3 N–H and O–H groups in total. The van der Waals surface area contributed by atoms with E-state index < -0.39 is 0 Å². The molecule has 0 bridgehead atoms. The number of phenolic OH excluding ortho intramolecular Hbond substituents is 1. The standard InChI is InChI=1S/C26H44BrN3OS/c1-2-3-4-5-6-7-8-9-10-11-12-13-14-15-16-17-20-28-26(32)30-29-22-23-21-24(27)18-19-25(23)31/h18-19,21-22,31H,2-17,20H2,1H3,(H2,28,30,32)/b29-22+. The number of aromatic hydroxyl groups is 1. The minimum atomic E-state index is 0.186. The van der Waals surface area contributed by atoms with Crippen molar-refractivity contribution in [2.75, 3.05) is 6.54 Å².